The van der Waals surface area contributed by atoms with Gasteiger partial charge in [0.05, 0.1) is 11.6 Å². The topological polar surface area (TPSA) is 95.4 Å². The van der Waals surface area contributed by atoms with Gasteiger partial charge in [-0.2, -0.15) is 0 Å². The molecule has 2 fully saturated rings. The van der Waals surface area contributed by atoms with Crippen molar-refractivity contribution in [1.82, 2.24) is 19.7 Å². The van der Waals surface area contributed by atoms with Gasteiger partial charge in [-0.25, -0.2) is 9.37 Å². The summed E-state index contributed by atoms with van der Waals surface area (Å²) in [4.78, 5) is 36.2. The van der Waals surface area contributed by atoms with Crippen molar-refractivity contribution in [1.29, 1.82) is 0 Å². The van der Waals surface area contributed by atoms with E-state index in [0.717, 1.165) is 13.0 Å². The molecule has 1 aromatic heterocycles. The van der Waals surface area contributed by atoms with Crippen LogP contribution in [0.15, 0.2) is 30.9 Å². The predicted molar refractivity (Wildman–Crippen MR) is 144 cm³/mol. The molecule has 3 aliphatic heterocycles. The molecule has 5 rings (SSSR count). The van der Waals surface area contributed by atoms with Gasteiger partial charge < -0.3 is 24.4 Å². The normalized spacial score (nSPS) is 22.5. The molecule has 208 valence electrons. The lowest BCUT2D eigenvalue weighted by atomic mass is 9.85. The van der Waals surface area contributed by atoms with Crippen molar-refractivity contribution in [3.63, 3.8) is 0 Å². The second-order valence-electron chi connectivity index (χ2n) is 10.9. The van der Waals surface area contributed by atoms with E-state index in [1.807, 2.05) is 7.05 Å². The number of amides is 2. The Labute approximate surface area is 231 Å². The lowest BCUT2D eigenvalue weighted by Crippen LogP contribution is -2.57. The molecule has 2 atom stereocenters. The number of phenolic OH excluding ortho intramolecular Hbond substituents is 1. The predicted octanol–water partition coefficient (Wildman–Crippen LogP) is 3.59. The number of likely N-dealkylation sites (N-methyl/N-ethyl adjacent to an activating group) is 1. The number of hydrogen-bond donors (Lipinski definition) is 1. The molecule has 1 aromatic carbocycles. The van der Waals surface area contributed by atoms with Gasteiger partial charge in [-0.3, -0.25) is 14.5 Å². The number of piperazine rings is 1. The molecule has 1 N–H and O–H groups in total. The van der Waals surface area contributed by atoms with Crippen molar-refractivity contribution in [2.75, 3.05) is 46.4 Å². The van der Waals surface area contributed by atoms with Crippen LogP contribution in [0.3, 0.4) is 0 Å². The molecule has 0 radical (unpaired) electrons. The zero-order valence-corrected chi connectivity index (χ0v) is 23.0. The summed E-state index contributed by atoms with van der Waals surface area (Å²) in [6.45, 7) is 9.91. The number of rotatable bonds is 5. The fraction of sp³-hybridized carbons (Fsp3) is 0.464. The number of fused-ring (bicyclic) bond motifs is 2. The SMILES string of the molecule is C=CC(=O)N1CCN2C(=O)c3c(OCC4N(C)CCC4(C)C)nc(-c4c(O)cccc4F)c(Cl)c3OC[C@H]2C1. The van der Waals surface area contributed by atoms with E-state index in [1.165, 1.54) is 24.3 Å². The minimum Gasteiger partial charge on any atom is -0.507 e. The Kier molecular flexibility index (Phi) is 7.19. The summed E-state index contributed by atoms with van der Waals surface area (Å²) >= 11 is 6.73. The average molecular weight is 559 g/mol. The summed E-state index contributed by atoms with van der Waals surface area (Å²) in [5, 5.41) is 10.4. The number of aromatic nitrogens is 1. The van der Waals surface area contributed by atoms with E-state index in [1.54, 1.807) is 9.80 Å². The summed E-state index contributed by atoms with van der Waals surface area (Å²) in [6.07, 6.45) is 2.22. The fourth-order valence-electron chi connectivity index (χ4n) is 5.67. The van der Waals surface area contributed by atoms with Crippen LogP contribution >= 0.6 is 11.6 Å². The number of carbonyl (C=O) groups excluding carboxylic acids is 2. The zero-order valence-electron chi connectivity index (χ0n) is 22.2. The van der Waals surface area contributed by atoms with Gasteiger partial charge in [0, 0.05) is 25.7 Å². The molecule has 0 bridgehead atoms. The van der Waals surface area contributed by atoms with E-state index >= 15 is 0 Å². The summed E-state index contributed by atoms with van der Waals surface area (Å²) in [5.41, 5.74) is -0.292. The molecule has 3 aliphatic rings. The van der Waals surface area contributed by atoms with Crippen LogP contribution in [0, 0.1) is 11.2 Å². The molecular formula is C28H32ClFN4O5. The number of phenols is 1. The van der Waals surface area contributed by atoms with Crippen molar-refractivity contribution in [2.45, 2.75) is 32.4 Å². The van der Waals surface area contributed by atoms with Crippen LogP contribution in [0.4, 0.5) is 4.39 Å². The van der Waals surface area contributed by atoms with Crippen molar-refractivity contribution >= 4 is 23.4 Å². The molecule has 39 heavy (non-hydrogen) atoms. The highest BCUT2D eigenvalue weighted by Crippen LogP contribution is 2.46. The zero-order chi connectivity index (χ0) is 28.1. The Morgan fingerprint density at radius 2 is 2.10 bits per heavy atom. The van der Waals surface area contributed by atoms with Gasteiger partial charge in [0.15, 0.2) is 5.75 Å². The first-order valence-electron chi connectivity index (χ1n) is 12.9. The number of halogens is 2. The standard InChI is InChI=1S/C28H32ClFN4O5/c1-5-20(36)33-11-12-34-16(13-33)14-38-25-22(27(34)37)26(39-15-19-28(2,3)9-10-32(19)4)31-24(23(25)29)21-17(30)7-6-8-18(21)35/h5-8,16,19,35H,1,9-15H2,2-4H3/t16-,19?/m1/s1. The van der Waals surface area contributed by atoms with Crippen LogP contribution in [-0.2, 0) is 4.79 Å². The molecule has 11 heteroatoms. The molecule has 2 amide bonds. The Morgan fingerprint density at radius 1 is 1.33 bits per heavy atom. The molecule has 2 saturated heterocycles. The minimum atomic E-state index is -0.733. The lowest BCUT2D eigenvalue weighted by molar-refractivity contribution is -0.128. The maximum atomic E-state index is 14.9. The molecule has 0 spiro atoms. The van der Waals surface area contributed by atoms with Crippen LogP contribution in [0.5, 0.6) is 17.4 Å². The van der Waals surface area contributed by atoms with Crippen molar-refractivity contribution in [2.24, 2.45) is 5.41 Å². The molecule has 2 aromatic rings. The average Bonchev–Trinajstić information content (AvgIpc) is 3.07. The molecule has 0 saturated carbocycles. The van der Waals surface area contributed by atoms with Gasteiger partial charge >= 0.3 is 0 Å². The van der Waals surface area contributed by atoms with E-state index in [4.69, 9.17) is 21.1 Å². The fourth-order valence-corrected chi connectivity index (χ4v) is 5.96. The number of aromatic hydroxyl groups is 1. The Balaban J connectivity index is 1.59. The molecule has 1 unspecified atom stereocenters. The first-order chi connectivity index (χ1) is 18.5. The van der Waals surface area contributed by atoms with Crippen molar-refractivity contribution < 1.29 is 28.6 Å². The van der Waals surface area contributed by atoms with Gasteiger partial charge in [0.25, 0.3) is 5.91 Å². The van der Waals surface area contributed by atoms with Gasteiger partial charge in [0.1, 0.15) is 41.1 Å². The quantitative estimate of drug-likeness (QED) is 0.560. The van der Waals surface area contributed by atoms with Crippen LogP contribution in [0.25, 0.3) is 11.3 Å². The Morgan fingerprint density at radius 3 is 2.77 bits per heavy atom. The Bertz CT molecular complexity index is 1320. The van der Waals surface area contributed by atoms with E-state index in [9.17, 15) is 19.1 Å². The number of pyridine rings is 1. The highest BCUT2D eigenvalue weighted by Gasteiger charge is 2.42. The third-order valence-electron chi connectivity index (χ3n) is 8.07. The van der Waals surface area contributed by atoms with E-state index in [-0.39, 0.29) is 82.9 Å². The number of ether oxygens (including phenoxy) is 2. The summed E-state index contributed by atoms with van der Waals surface area (Å²) < 4.78 is 27.3. The highest BCUT2D eigenvalue weighted by molar-refractivity contribution is 6.35. The first kappa shape index (κ1) is 27.2. The van der Waals surface area contributed by atoms with Crippen LogP contribution in [0.2, 0.25) is 5.02 Å². The largest absolute Gasteiger partial charge is 0.507 e. The maximum absolute atomic E-state index is 14.9. The second kappa shape index (κ2) is 10.3. The van der Waals surface area contributed by atoms with Gasteiger partial charge in [-0.15, -0.1) is 0 Å². The number of hydrogen-bond acceptors (Lipinski definition) is 7. The van der Waals surface area contributed by atoms with Crippen molar-refractivity contribution in [3.8, 4) is 28.6 Å². The van der Waals surface area contributed by atoms with E-state index in [2.05, 4.69) is 30.3 Å². The molecule has 9 nitrogen and oxygen atoms in total. The van der Waals surface area contributed by atoms with Gasteiger partial charge in [-0.1, -0.05) is 38.1 Å². The van der Waals surface area contributed by atoms with Gasteiger partial charge in [-0.05, 0) is 43.6 Å². The Hall–Kier alpha value is -3.37. The summed E-state index contributed by atoms with van der Waals surface area (Å²) in [7, 11) is 2.02. The number of nitrogens with zero attached hydrogens (tertiary/aromatic N) is 4. The highest BCUT2D eigenvalue weighted by atomic mass is 35.5. The molecular weight excluding hydrogens is 527 g/mol. The van der Waals surface area contributed by atoms with Gasteiger partial charge in [0.2, 0.25) is 11.8 Å². The smallest absolute Gasteiger partial charge is 0.263 e. The maximum Gasteiger partial charge on any atom is 0.263 e. The second-order valence-corrected chi connectivity index (χ2v) is 11.3. The van der Waals surface area contributed by atoms with E-state index in [0.29, 0.717) is 6.54 Å². The molecule has 4 heterocycles. The summed E-state index contributed by atoms with van der Waals surface area (Å²) in [5.74, 6) is -1.75. The molecule has 0 aliphatic carbocycles. The van der Waals surface area contributed by atoms with Crippen molar-refractivity contribution in [3.05, 3.63) is 47.3 Å². The number of benzene rings is 1. The number of likely N-dealkylation sites (tertiary alicyclic amines) is 1. The van der Waals surface area contributed by atoms with E-state index < -0.39 is 17.8 Å². The third-order valence-corrected chi connectivity index (χ3v) is 8.43. The first-order valence-corrected chi connectivity index (χ1v) is 13.3. The number of carbonyl (C=O) groups is 2. The van der Waals surface area contributed by atoms with Crippen LogP contribution in [0.1, 0.15) is 30.6 Å². The monoisotopic (exact) mass is 558 g/mol. The van der Waals surface area contributed by atoms with Crippen LogP contribution < -0.4 is 9.47 Å². The lowest BCUT2D eigenvalue weighted by Gasteiger charge is -2.39. The van der Waals surface area contributed by atoms with Crippen LogP contribution in [-0.4, -0.2) is 95.1 Å². The summed E-state index contributed by atoms with van der Waals surface area (Å²) in [6, 6.07) is 3.48. The minimum absolute atomic E-state index is 0.0133. The third kappa shape index (κ3) is 4.80.